The minimum atomic E-state index is -4.38. The largest absolute Gasteiger partial charge is 0.416 e. The third kappa shape index (κ3) is 5.05. The molecule has 186 valence electrons. The normalized spacial score (nSPS) is 12.6. The Balaban J connectivity index is 1.35. The molecule has 1 N–H and O–H groups in total. The van der Waals surface area contributed by atoms with Gasteiger partial charge in [0.15, 0.2) is 5.78 Å². The molecule has 3 nitrogen and oxygen atoms in total. The zero-order valence-corrected chi connectivity index (χ0v) is 20.1. The smallest absolute Gasteiger partial charge is 0.322 e. The molecular weight excluding hydrogens is 475 g/mol. The van der Waals surface area contributed by atoms with Gasteiger partial charge >= 0.3 is 6.18 Å². The molecule has 0 radical (unpaired) electrons. The van der Waals surface area contributed by atoms with E-state index in [-0.39, 0.29) is 17.3 Å². The van der Waals surface area contributed by atoms with Gasteiger partial charge in [-0.15, -0.1) is 0 Å². The molecule has 6 heteroatoms. The summed E-state index contributed by atoms with van der Waals surface area (Å²) in [5, 5.41) is 2.67. The van der Waals surface area contributed by atoms with E-state index in [1.807, 2.05) is 55.5 Å². The molecular formula is C31H24F3NO2. The van der Waals surface area contributed by atoms with Crippen LogP contribution in [0.1, 0.15) is 47.2 Å². The Hall–Kier alpha value is -4.19. The van der Waals surface area contributed by atoms with Crippen molar-refractivity contribution in [2.45, 2.75) is 31.9 Å². The van der Waals surface area contributed by atoms with E-state index in [9.17, 15) is 22.8 Å². The summed E-state index contributed by atoms with van der Waals surface area (Å²) in [6.45, 7) is 2.05. The van der Waals surface area contributed by atoms with E-state index in [0.717, 1.165) is 44.9 Å². The number of aromatic nitrogens is 1. The van der Waals surface area contributed by atoms with Crippen molar-refractivity contribution in [2.24, 2.45) is 0 Å². The minimum Gasteiger partial charge on any atom is -0.322 e. The first-order chi connectivity index (χ1) is 17.7. The Morgan fingerprint density at radius 3 is 2.35 bits per heavy atom. The highest BCUT2D eigenvalue weighted by Gasteiger charge is 2.30. The van der Waals surface area contributed by atoms with Crippen molar-refractivity contribution in [2.75, 3.05) is 0 Å². The maximum Gasteiger partial charge on any atom is 0.416 e. The second-order valence-electron chi connectivity index (χ2n) is 9.31. The number of fused-ring (bicyclic) bond motifs is 2. The Bertz CT molecular complexity index is 1670. The Morgan fingerprint density at radius 1 is 0.865 bits per heavy atom. The highest BCUT2D eigenvalue weighted by Crippen LogP contribution is 2.34. The predicted molar refractivity (Wildman–Crippen MR) is 141 cm³/mol. The first-order valence-corrected chi connectivity index (χ1v) is 12.1. The van der Waals surface area contributed by atoms with E-state index in [4.69, 9.17) is 0 Å². The first kappa shape index (κ1) is 24.5. The number of carbonyl (C=O) groups is 1. The summed E-state index contributed by atoms with van der Waals surface area (Å²) >= 11 is 0. The van der Waals surface area contributed by atoms with Crippen molar-refractivity contribution in [1.29, 1.82) is 0 Å². The highest BCUT2D eigenvalue weighted by atomic mass is 19.4. The fraction of sp³-hybridized carbons (Fsp3) is 0.161. The number of para-hydroxylation sites is 1. The molecule has 0 bridgehead atoms. The maximum atomic E-state index is 13.1. The van der Waals surface area contributed by atoms with Crippen LogP contribution >= 0.6 is 0 Å². The molecule has 0 fully saturated rings. The summed E-state index contributed by atoms with van der Waals surface area (Å²) in [5.74, 6) is 0.0832. The molecule has 1 atom stereocenters. The van der Waals surface area contributed by atoms with Gasteiger partial charge in [-0.3, -0.25) is 9.59 Å². The number of hydrogen-bond acceptors (Lipinski definition) is 2. The Kier molecular flexibility index (Phi) is 6.42. The van der Waals surface area contributed by atoms with Crippen LogP contribution in [-0.4, -0.2) is 10.8 Å². The summed E-state index contributed by atoms with van der Waals surface area (Å²) < 4.78 is 38.8. The van der Waals surface area contributed by atoms with Gasteiger partial charge < -0.3 is 4.98 Å². The van der Waals surface area contributed by atoms with Crippen LogP contribution in [0.15, 0.2) is 95.8 Å². The summed E-state index contributed by atoms with van der Waals surface area (Å²) in [6.07, 6.45) is -3.41. The van der Waals surface area contributed by atoms with Crippen LogP contribution in [0.3, 0.4) is 0 Å². The molecule has 5 rings (SSSR count). The third-order valence-electron chi connectivity index (χ3n) is 6.85. The zero-order valence-electron chi connectivity index (χ0n) is 20.1. The van der Waals surface area contributed by atoms with Crippen LogP contribution in [-0.2, 0) is 6.18 Å². The number of H-pyrrole nitrogens is 1. The lowest BCUT2D eigenvalue weighted by Crippen LogP contribution is -2.07. The molecule has 37 heavy (non-hydrogen) atoms. The molecule has 0 amide bonds. The number of hydrogen-bond donors (Lipinski definition) is 1. The quantitative estimate of drug-likeness (QED) is 0.240. The van der Waals surface area contributed by atoms with Crippen LogP contribution in [0.5, 0.6) is 0 Å². The average molecular weight is 500 g/mol. The summed E-state index contributed by atoms with van der Waals surface area (Å²) in [7, 11) is 0. The van der Waals surface area contributed by atoms with Gasteiger partial charge in [0.1, 0.15) is 0 Å². The van der Waals surface area contributed by atoms with Crippen LogP contribution in [0, 0.1) is 0 Å². The Labute approximate surface area is 211 Å². The topological polar surface area (TPSA) is 49.9 Å². The van der Waals surface area contributed by atoms with Crippen LogP contribution in [0.25, 0.3) is 32.8 Å². The van der Waals surface area contributed by atoms with Gasteiger partial charge in [-0.1, -0.05) is 67.6 Å². The lowest BCUT2D eigenvalue weighted by Gasteiger charge is -2.14. The van der Waals surface area contributed by atoms with Gasteiger partial charge in [0.2, 0.25) is 5.56 Å². The van der Waals surface area contributed by atoms with Gasteiger partial charge in [-0.2, -0.15) is 13.2 Å². The maximum absolute atomic E-state index is 13.1. The monoisotopic (exact) mass is 499 g/mol. The fourth-order valence-electron chi connectivity index (χ4n) is 4.81. The number of benzene rings is 4. The molecule has 0 spiro atoms. The van der Waals surface area contributed by atoms with E-state index in [2.05, 4.69) is 4.98 Å². The van der Waals surface area contributed by atoms with Gasteiger partial charge in [0.25, 0.3) is 0 Å². The fourth-order valence-corrected chi connectivity index (χ4v) is 4.81. The van der Waals surface area contributed by atoms with Crippen molar-refractivity contribution in [3.05, 3.63) is 118 Å². The number of alkyl halides is 3. The van der Waals surface area contributed by atoms with Gasteiger partial charge in [0.05, 0.1) is 11.1 Å². The van der Waals surface area contributed by atoms with Crippen molar-refractivity contribution < 1.29 is 18.0 Å². The minimum absolute atomic E-state index is 0.0161. The standard InChI is InChI=1S/C31H24F3NO2/c1-19(25-6-2-4-21-12-17-29(37)35-30(21)25)8-16-28(36)23-11-15-27-22(18-23)5-3-7-26(27)20-9-13-24(14-10-20)31(32,33)34/h2-7,9-15,17-19H,8,16H2,1H3,(H,35,37)/t19-/m1/s1. The molecule has 0 unspecified atom stereocenters. The number of halogens is 3. The highest BCUT2D eigenvalue weighted by molar-refractivity contribution is 6.03. The summed E-state index contributed by atoms with van der Waals surface area (Å²) in [5.41, 5.74) is 3.04. The molecule has 1 aromatic heterocycles. The number of rotatable bonds is 6. The number of Topliss-reactive ketones (excluding diaryl/α,β-unsaturated/α-hetero) is 1. The van der Waals surface area contributed by atoms with E-state index in [1.165, 1.54) is 18.2 Å². The predicted octanol–water partition coefficient (Wildman–Crippen LogP) is 8.13. The zero-order chi connectivity index (χ0) is 26.2. The van der Waals surface area contributed by atoms with E-state index in [0.29, 0.717) is 24.0 Å². The molecule has 4 aromatic carbocycles. The van der Waals surface area contributed by atoms with Crippen LogP contribution in [0.4, 0.5) is 13.2 Å². The number of ketones is 1. The molecule has 0 aliphatic heterocycles. The first-order valence-electron chi connectivity index (χ1n) is 12.1. The van der Waals surface area contributed by atoms with Crippen molar-refractivity contribution in [1.82, 2.24) is 4.98 Å². The second-order valence-corrected chi connectivity index (χ2v) is 9.31. The van der Waals surface area contributed by atoms with Gasteiger partial charge in [0, 0.05) is 18.1 Å². The SMILES string of the molecule is C[C@H](CCC(=O)c1ccc2c(-c3ccc(C(F)(F)F)cc3)cccc2c1)c1cccc2ccc(=O)[nH]c12. The number of nitrogens with one attached hydrogen (secondary N) is 1. The molecule has 0 aliphatic carbocycles. The average Bonchev–Trinajstić information content (AvgIpc) is 2.90. The lowest BCUT2D eigenvalue weighted by atomic mass is 9.91. The van der Waals surface area contributed by atoms with E-state index >= 15 is 0 Å². The second kappa shape index (κ2) is 9.69. The van der Waals surface area contributed by atoms with Gasteiger partial charge in [-0.25, -0.2) is 0 Å². The number of aromatic amines is 1. The summed E-state index contributed by atoms with van der Waals surface area (Å²) in [4.78, 5) is 27.8. The van der Waals surface area contributed by atoms with Crippen molar-refractivity contribution in [3.63, 3.8) is 0 Å². The Morgan fingerprint density at radius 2 is 1.59 bits per heavy atom. The van der Waals surface area contributed by atoms with E-state index < -0.39 is 11.7 Å². The van der Waals surface area contributed by atoms with Crippen LogP contribution in [0.2, 0.25) is 0 Å². The lowest BCUT2D eigenvalue weighted by molar-refractivity contribution is -0.137. The van der Waals surface area contributed by atoms with Crippen LogP contribution < -0.4 is 5.56 Å². The summed E-state index contributed by atoms with van der Waals surface area (Å²) in [6, 6.07) is 25.3. The number of carbonyl (C=O) groups excluding carboxylic acids is 1. The van der Waals surface area contributed by atoms with E-state index in [1.54, 1.807) is 12.1 Å². The molecule has 0 saturated heterocycles. The number of pyridine rings is 1. The molecule has 5 aromatic rings. The molecule has 0 aliphatic rings. The van der Waals surface area contributed by atoms with Crippen molar-refractivity contribution in [3.8, 4) is 11.1 Å². The molecule has 1 heterocycles. The molecule has 0 saturated carbocycles. The third-order valence-corrected chi connectivity index (χ3v) is 6.85. The van der Waals surface area contributed by atoms with Gasteiger partial charge in [-0.05, 0) is 69.5 Å². The van der Waals surface area contributed by atoms with Crippen molar-refractivity contribution >= 4 is 27.5 Å².